The second-order valence-corrected chi connectivity index (χ2v) is 6.31. The molecule has 0 aromatic heterocycles. The van der Waals surface area contributed by atoms with Crippen LogP contribution in [0.1, 0.15) is 18.1 Å². The van der Waals surface area contributed by atoms with Gasteiger partial charge in [0.25, 0.3) is 0 Å². The number of anilines is 1. The molecule has 0 aliphatic heterocycles. The molecule has 1 unspecified atom stereocenters. The first-order valence-corrected chi connectivity index (χ1v) is 9.12. The molecule has 0 saturated carbocycles. The first kappa shape index (κ1) is 24.5. The number of nitrogens with one attached hydrogen (secondary N) is 3. The van der Waals surface area contributed by atoms with Gasteiger partial charge in [0.15, 0.2) is 5.96 Å². The number of rotatable bonds is 7. The minimum atomic E-state index is -0.488. The highest BCUT2D eigenvalue weighted by molar-refractivity contribution is 14.0. The monoisotopic (exact) mass is 512 g/mol. The van der Waals surface area contributed by atoms with E-state index in [-0.39, 0.29) is 30.1 Å². The summed E-state index contributed by atoms with van der Waals surface area (Å²) in [6.45, 7) is 5.27. The Balaban J connectivity index is 0.00000420. The van der Waals surface area contributed by atoms with Gasteiger partial charge in [-0.25, -0.2) is 4.79 Å². The number of aliphatic imine (C=N–C) groups is 1. The number of para-hydroxylation sites is 1. The third-order valence-corrected chi connectivity index (χ3v) is 4.05. The maximum Gasteiger partial charge on any atom is 0.411 e. The zero-order valence-corrected chi connectivity index (χ0v) is 19.5. The SMILES string of the molecule is CN=C(NCc1ccc(NC(=O)OC)cc1)NCC(C)Oc1ccccc1C.I. The predicted molar refractivity (Wildman–Crippen MR) is 127 cm³/mol. The molecule has 8 heteroatoms. The molecular formula is C21H29IN4O3. The van der Waals surface area contributed by atoms with E-state index in [1.807, 2.05) is 62.4 Å². The zero-order valence-electron chi connectivity index (χ0n) is 17.2. The number of ether oxygens (including phenoxy) is 2. The standard InChI is InChI=1S/C21H28N4O3.HI/c1-15-7-5-6-8-19(15)28-16(2)13-23-20(22-3)24-14-17-9-11-18(12-10-17)25-21(26)27-4;/h5-12,16H,13-14H2,1-4H3,(H,25,26)(H2,22,23,24);1H. The van der Waals surface area contributed by atoms with Crippen molar-refractivity contribution >= 4 is 41.7 Å². The van der Waals surface area contributed by atoms with Gasteiger partial charge in [-0.15, -0.1) is 24.0 Å². The maximum absolute atomic E-state index is 11.2. The minimum Gasteiger partial charge on any atom is -0.489 e. The van der Waals surface area contributed by atoms with Crippen LogP contribution in [0.4, 0.5) is 10.5 Å². The average molecular weight is 512 g/mol. The first-order chi connectivity index (χ1) is 13.5. The van der Waals surface area contributed by atoms with Gasteiger partial charge in [0.05, 0.1) is 13.7 Å². The van der Waals surface area contributed by atoms with E-state index in [1.165, 1.54) is 7.11 Å². The number of hydrogen-bond donors (Lipinski definition) is 3. The third kappa shape index (κ3) is 8.59. The predicted octanol–water partition coefficient (Wildman–Crippen LogP) is 3.92. The van der Waals surface area contributed by atoms with Crippen LogP contribution in [0.3, 0.4) is 0 Å². The molecule has 2 rings (SSSR count). The summed E-state index contributed by atoms with van der Waals surface area (Å²) in [5.74, 6) is 1.58. The van der Waals surface area contributed by atoms with Crippen molar-refractivity contribution in [2.75, 3.05) is 26.0 Å². The molecule has 1 atom stereocenters. The minimum absolute atomic E-state index is 0. The lowest BCUT2D eigenvalue weighted by Crippen LogP contribution is -2.41. The first-order valence-electron chi connectivity index (χ1n) is 9.12. The molecule has 0 fully saturated rings. The Morgan fingerprint density at radius 3 is 2.41 bits per heavy atom. The summed E-state index contributed by atoms with van der Waals surface area (Å²) >= 11 is 0. The Labute approximate surface area is 189 Å². The molecule has 2 aromatic carbocycles. The summed E-state index contributed by atoms with van der Waals surface area (Å²) < 4.78 is 10.5. The van der Waals surface area contributed by atoms with Gasteiger partial charge in [-0.2, -0.15) is 0 Å². The number of carbonyl (C=O) groups is 1. The number of hydrogen-bond acceptors (Lipinski definition) is 4. The lowest BCUT2D eigenvalue weighted by molar-refractivity contribution is 0.187. The molecule has 158 valence electrons. The number of nitrogens with zero attached hydrogens (tertiary/aromatic N) is 1. The summed E-state index contributed by atoms with van der Waals surface area (Å²) in [5.41, 5.74) is 2.85. The van der Waals surface area contributed by atoms with E-state index in [0.717, 1.165) is 16.9 Å². The van der Waals surface area contributed by atoms with Gasteiger partial charge in [-0.05, 0) is 43.2 Å². The van der Waals surface area contributed by atoms with E-state index in [0.29, 0.717) is 24.7 Å². The van der Waals surface area contributed by atoms with Crippen molar-refractivity contribution < 1.29 is 14.3 Å². The lowest BCUT2D eigenvalue weighted by Gasteiger charge is -2.19. The molecule has 0 aliphatic carbocycles. The Hall–Kier alpha value is -2.49. The highest BCUT2D eigenvalue weighted by Gasteiger charge is 2.07. The van der Waals surface area contributed by atoms with Crippen molar-refractivity contribution in [1.29, 1.82) is 0 Å². The number of amides is 1. The van der Waals surface area contributed by atoms with Crippen LogP contribution in [-0.2, 0) is 11.3 Å². The van der Waals surface area contributed by atoms with Crippen LogP contribution in [0.15, 0.2) is 53.5 Å². The molecule has 1 amide bonds. The van der Waals surface area contributed by atoms with Gasteiger partial charge < -0.3 is 20.1 Å². The van der Waals surface area contributed by atoms with Crippen molar-refractivity contribution in [1.82, 2.24) is 10.6 Å². The normalized spacial score (nSPS) is 11.7. The number of benzene rings is 2. The molecule has 0 aliphatic rings. The smallest absolute Gasteiger partial charge is 0.411 e. The fourth-order valence-corrected chi connectivity index (χ4v) is 2.47. The molecule has 0 bridgehead atoms. The van der Waals surface area contributed by atoms with E-state index in [1.54, 1.807) is 7.05 Å². The third-order valence-electron chi connectivity index (χ3n) is 4.05. The molecule has 0 radical (unpaired) electrons. The van der Waals surface area contributed by atoms with Crippen molar-refractivity contribution in [3.63, 3.8) is 0 Å². The van der Waals surface area contributed by atoms with Gasteiger partial charge in [-0.1, -0.05) is 30.3 Å². The van der Waals surface area contributed by atoms with Crippen molar-refractivity contribution in [2.24, 2.45) is 4.99 Å². The second-order valence-electron chi connectivity index (χ2n) is 6.31. The van der Waals surface area contributed by atoms with Gasteiger partial charge in [-0.3, -0.25) is 10.3 Å². The summed E-state index contributed by atoms with van der Waals surface area (Å²) in [4.78, 5) is 15.4. The zero-order chi connectivity index (χ0) is 20.4. The molecular weight excluding hydrogens is 483 g/mol. The number of carbonyl (C=O) groups excluding carboxylic acids is 1. The van der Waals surface area contributed by atoms with E-state index in [2.05, 4.69) is 25.7 Å². The van der Waals surface area contributed by atoms with E-state index >= 15 is 0 Å². The van der Waals surface area contributed by atoms with Gasteiger partial charge in [0, 0.05) is 19.3 Å². The van der Waals surface area contributed by atoms with E-state index < -0.39 is 6.09 Å². The fourth-order valence-electron chi connectivity index (χ4n) is 2.47. The highest BCUT2D eigenvalue weighted by Crippen LogP contribution is 2.17. The van der Waals surface area contributed by atoms with Crippen LogP contribution in [0.5, 0.6) is 5.75 Å². The van der Waals surface area contributed by atoms with Gasteiger partial charge >= 0.3 is 6.09 Å². The Morgan fingerprint density at radius 2 is 1.79 bits per heavy atom. The molecule has 0 spiro atoms. The fraction of sp³-hybridized carbons (Fsp3) is 0.333. The Bertz CT molecular complexity index is 797. The summed E-state index contributed by atoms with van der Waals surface area (Å²) in [5, 5.41) is 9.14. The van der Waals surface area contributed by atoms with Crippen LogP contribution < -0.4 is 20.7 Å². The Kier molecular flexibility index (Phi) is 10.9. The second kappa shape index (κ2) is 12.9. The van der Waals surface area contributed by atoms with Crippen molar-refractivity contribution in [3.05, 3.63) is 59.7 Å². The topological polar surface area (TPSA) is 84.0 Å². The molecule has 2 aromatic rings. The van der Waals surface area contributed by atoms with Crippen LogP contribution >= 0.6 is 24.0 Å². The van der Waals surface area contributed by atoms with Crippen LogP contribution in [0.2, 0.25) is 0 Å². The molecule has 7 nitrogen and oxygen atoms in total. The van der Waals surface area contributed by atoms with Crippen LogP contribution in [-0.4, -0.2) is 38.9 Å². The lowest BCUT2D eigenvalue weighted by atomic mass is 10.2. The molecule has 0 heterocycles. The number of aryl methyl sites for hydroxylation is 1. The van der Waals surface area contributed by atoms with Crippen LogP contribution in [0, 0.1) is 6.92 Å². The number of halogens is 1. The van der Waals surface area contributed by atoms with E-state index in [9.17, 15) is 4.79 Å². The largest absolute Gasteiger partial charge is 0.489 e. The Morgan fingerprint density at radius 1 is 1.10 bits per heavy atom. The molecule has 0 saturated heterocycles. The summed E-state index contributed by atoms with van der Waals surface area (Å²) in [6, 6.07) is 15.5. The highest BCUT2D eigenvalue weighted by atomic mass is 127. The summed E-state index contributed by atoms with van der Waals surface area (Å²) in [6.07, 6.45) is -0.499. The average Bonchev–Trinajstić information content (AvgIpc) is 2.71. The number of guanidine groups is 1. The summed E-state index contributed by atoms with van der Waals surface area (Å²) in [7, 11) is 3.06. The van der Waals surface area contributed by atoms with Crippen molar-refractivity contribution in [3.8, 4) is 5.75 Å². The van der Waals surface area contributed by atoms with Gasteiger partial charge in [0.1, 0.15) is 11.9 Å². The van der Waals surface area contributed by atoms with Crippen LogP contribution in [0.25, 0.3) is 0 Å². The van der Waals surface area contributed by atoms with Gasteiger partial charge in [0.2, 0.25) is 0 Å². The molecule has 29 heavy (non-hydrogen) atoms. The van der Waals surface area contributed by atoms with E-state index in [4.69, 9.17) is 4.74 Å². The quantitative estimate of drug-likeness (QED) is 0.298. The number of methoxy groups -OCH3 is 1. The van der Waals surface area contributed by atoms with Crippen molar-refractivity contribution in [2.45, 2.75) is 26.5 Å². The maximum atomic E-state index is 11.2. The molecule has 3 N–H and O–H groups in total.